The number of nitrogens with one attached hydrogen (secondary N) is 1. The molecule has 1 aromatic heterocycles. The molecule has 1 aromatic rings. The highest BCUT2D eigenvalue weighted by Gasteiger charge is 2.35. The van der Waals surface area contributed by atoms with Crippen LogP contribution >= 0.6 is 0 Å². The zero-order chi connectivity index (χ0) is 16.6. The lowest BCUT2D eigenvalue weighted by Crippen LogP contribution is -2.59. The topological polar surface area (TPSA) is 61.4 Å². The summed E-state index contributed by atoms with van der Waals surface area (Å²) < 4.78 is 37.7. The van der Waals surface area contributed by atoms with Gasteiger partial charge in [-0.2, -0.15) is 13.2 Å². The van der Waals surface area contributed by atoms with Crippen molar-refractivity contribution in [2.45, 2.75) is 19.1 Å². The van der Waals surface area contributed by atoms with Crippen LogP contribution < -0.4 is 10.2 Å². The molecule has 23 heavy (non-hydrogen) atoms. The van der Waals surface area contributed by atoms with E-state index in [4.69, 9.17) is 0 Å². The van der Waals surface area contributed by atoms with E-state index in [9.17, 15) is 18.0 Å². The predicted octanol–water partition coefficient (Wildman–Crippen LogP) is 0.752. The summed E-state index contributed by atoms with van der Waals surface area (Å²) in [7, 11) is 0. The molecule has 6 nitrogen and oxygen atoms in total. The molecule has 0 aromatic carbocycles. The van der Waals surface area contributed by atoms with Gasteiger partial charge in [0.1, 0.15) is 0 Å². The Kier molecular flexibility index (Phi) is 4.13. The summed E-state index contributed by atoms with van der Waals surface area (Å²) in [6.07, 6.45) is -2.84. The van der Waals surface area contributed by atoms with Gasteiger partial charge in [0, 0.05) is 51.2 Å². The number of anilines is 1. The van der Waals surface area contributed by atoms with Crippen LogP contribution in [-0.2, 0) is 11.0 Å². The molecule has 2 aliphatic rings. The van der Waals surface area contributed by atoms with Crippen LogP contribution in [0.1, 0.15) is 12.5 Å². The van der Waals surface area contributed by atoms with E-state index in [1.165, 1.54) is 0 Å². The van der Waals surface area contributed by atoms with Crippen LogP contribution in [0.3, 0.4) is 0 Å². The summed E-state index contributed by atoms with van der Waals surface area (Å²) in [5, 5.41) is 3.07. The molecule has 1 N–H and O–H groups in total. The molecule has 1 atom stereocenters. The first-order chi connectivity index (χ1) is 10.9. The van der Waals surface area contributed by atoms with Gasteiger partial charge in [0.2, 0.25) is 11.9 Å². The van der Waals surface area contributed by atoms with E-state index >= 15 is 0 Å². The SMILES string of the molecule is C[C@H]1CN(C(=O)C2CNC2)CCN1c1ncc(C(F)(F)F)cn1. The largest absolute Gasteiger partial charge is 0.419 e. The first-order valence-corrected chi connectivity index (χ1v) is 7.51. The number of carbonyl (C=O) groups is 1. The highest BCUT2D eigenvalue weighted by atomic mass is 19.4. The zero-order valence-electron chi connectivity index (χ0n) is 12.7. The maximum absolute atomic E-state index is 12.6. The second-order valence-electron chi connectivity index (χ2n) is 5.95. The Balaban J connectivity index is 1.65. The lowest BCUT2D eigenvalue weighted by molar-refractivity contribution is -0.139. The van der Waals surface area contributed by atoms with Gasteiger partial charge in [0.15, 0.2) is 0 Å². The Hall–Kier alpha value is -1.90. The molecule has 9 heteroatoms. The summed E-state index contributed by atoms with van der Waals surface area (Å²) in [6.45, 7) is 4.92. The van der Waals surface area contributed by atoms with Crippen LogP contribution in [-0.4, -0.2) is 59.5 Å². The molecule has 0 bridgehead atoms. The molecule has 0 saturated carbocycles. The first kappa shape index (κ1) is 16.0. The summed E-state index contributed by atoms with van der Waals surface area (Å²) >= 11 is 0. The van der Waals surface area contributed by atoms with E-state index in [-0.39, 0.29) is 23.8 Å². The highest BCUT2D eigenvalue weighted by Crippen LogP contribution is 2.28. The van der Waals surface area contributed by atoms with Gasteiger partial charge < -0.3 is 15.1 Å². The number of halogens is 3. The Morgan fingerprint density at radius 2 is 1.91 bits per heavy atom. The Labute approximate surface area is 131 Å². The van der Waals surface area contributed by atoms with E-state index in [1.54, 1.807) is 0 Å². The van der Waals surface area contributed by atoms with Gasteiger partial charge in [0.25, 0.3) is 0 Å². The third-order valence-corrected chi connectivity index (χ3v) is 4.29. The maximum atomic E-state index is 12.6. The van der Waals surface area contributed by atoms with Crippen molar-refractivity contribution in [3.05, 3.63) is 18.0 Å². The van der Waals surface area contributed by atoms with E-state index in [2.05, 4.69) is 15.3 Å². The van der Waals surface area contributed by atoms with Crippen molar-refractivity contribution in [3.63, 3.8) is 0 Å². The van der Waals surface area contributed by atoms with Gasteiger partial charge in [-0.25, -0.2) is 9.97 Å². The fraction of sp³-hybridized carbons (Fsp3) is 0.643. The van der Waals surface area contributed by atoms with Gasteiger partial charge in [-0.15, -0.1) is 0 Å². The molecule has 0 unspecified atom stereocenters. The smallest absolute Gasteiger partial charge is 0.339 e. The van der Waals surface area contributed by atoms with Crippen molar-refractivity contribution < 1.29 is 18.0 Å². The van der Waals surface area contributed by atoms with E-state index in [0.29, 0.717) is 19.6 Å². The summed E-state index contributed by atoms with van der Waals surface area (Å²) in [5.41, 5.74) is -0.861. The van der Waals surface area contributed by atoms with Crippen molar-refractivity contribution in [1.82, 2.24) is 20.2 Å². The number of aromatic nitrogens is 2. The molecular weight excluding hydrogens is 311 g/mol. The third-order valence-electron chi connectivity index (χ3n) is 4.29. The quantitative estimate of drug-likeness (QED) is 0.868. The highest BCUT2D eigenvalue weighted by molar-refractivity contribution is 5.80. The number of piperazine rings is 1. The van der Waals surface area contributed by atoms with Crippen molar-refractivity contribution in [3.8, 4) is 0 Å². The Bertz CT molecular complexity index is 573. The number of nitrogens with zero attached hydrogens (tertiary/aromatic N) is 4. The lowest BCUT2D eigenvalue weighted by Gasteiger charge is -2.42. The van der Waals surface area contributed by atoms with Crippen LogP contribution in [0.2, 0.25) is 0 Å². The van der Waals surface area contributed by atoms with Crippen LogP contribution in [0.4, 0.5) is 19.1 Å². The average molecular weight is 329 g/mol. The monoisotopic (exact) mass is 329 g/mol. The molecule has 0 radical (unpaired) electrons. The van der Waals surface area contributed by atoms with Crippen molar-refractivity contribution >= 4 is 11.9 Å². The second kappa shape index (κ2) is 5.95. The van der Waals surface area contributed by atoms with Crippen LogP contribution in [0.5, 0.6) is 0 Å². The first-order valence-electron chi connectivity index (χ1n) is 7.51. The van der Waals surface area contributed by atoms with Gasteiger partial charge in [-0.05, 0) is 6.92 Å². The molecule has 2 saturated heterocycles. The molecule has 3 rings (SSSR count). The van der Waals surface area contributed by atoms with Crippen molar-refractivity contribution in [2.75, 3.05) is 37.6 Å². The van der Waals surface area contributed by atoms with E-state index in [1.807, 2.05) is 16.7 Å². The Morgan fingerprint density at radius 1 is 1.26 bits per heavy atom. The fourth-order valence-electron chi connectivity index (χ4n) is 2.79. The van der Waals surface area contributed by atoms with E-state index < -0.39 is 11.7 Å². The molecular formula is C14H18F3N5O. The molecule has 2 aliphatic heterocycles. The summed E-state index contributed by atoms with van der Waals surface area (Å²) in [5.74, 6) is 0.461. The minimum Gasteiger partial charge on any atom is -0.339 e. The Morgan fingerprint density at radius 3 is 2.39 bits per heavy atom. The normalized spacial score (nSPS) is 22.9. The summed E-state index contributed by atoms with van der Waals surface area (Å²) in [6, 6.07) is -0.0440. The molecule has 126 valence electrons. The third kappa shape index (κ3) is 3.24. The standard InChI is InChI=1S/C14H18F3N5O/c1-9-8-21(12(23)10-4-18-5-10)2-3-22(9)13-19-6-11(7-20-13)14(15,16)17/h6-7,9-10,18H,2-5,8H2,1H3/t9-/m0/s1. The molecule has 3 heterocycles. The number of alkyl halides is 3. The number of rotatable bonds is 2. The predicted molar refractivity (Wildman–Crippen MR) is 76.8 cm³/mol. The van der Waals surface area contributed by atoms with Crippen molar-refractivity contribution in [1.29, 1.82) is 0 Å². The minimum absolute atomic E-state index is 0.0440. The molecule has 1 amide bonds. The maximum Gasteiger partial charge on any atom is 0.419 e. The van der Waals surface area contributed by atoms with Crippen LogP contribution in [0.25, 0.3) is 0 Å². The van der Waals surface area contributed by atoms with Crippen LogP contribution in [0.15, 0.2) is 12.4 Å². The number of hydrogen-bond donors (Lipinski definition) is 1. The lowest BCUT2D eigenvalue weighted by atomic mass is 10.0. The van der Waals surface area contributed by atoms with Gasteiger partial charge in [-0.1, -0.05) is 0 Å². The molecule has 0 spiro atoms. The minimum atomic E-state index is -4.44. The van der Waals surface area contributed by atoms with Crippen LogP contribution in [0, 0.1) is 5.92 Å². The average Bonchev–Trinajstić information content (AvgIpc) is 2.44. The van der Waals surface area contributed by atoms with Gasteiger partial charge in [-0.3, -0.25) is 4.79 Å². The number of amides is 1. The molecule has 0 aliphatic carbocycles. The number of hydrogen-bond acceptors (Lipinski definition) is 5. The van der Waals surface area contributed by atoms with Crippen molar-refractivity contribution in [2.24, 2.45) is 5.92 Å². The summed E-state index contributed by atoms with van der Waals surface area (Å²) in [4.78, 5) is 23.6. The molecule has 2 fully saturated rings. The second-order valence-corrected chi connectivity index (χ2v) is 5.95. The van der Waals surface area contributed by atoms with Gasteiger partial charge >= 0.3 is 6.18 Å². The van der Waals surface area contributed by atoms with Gasteiger partial charge in [0.05, 0.1) is 11.5 Å². The fourth-order valence-corrected chi connectivity index (χ4v) is 2.79. The van der Waals surface area contributed by atoms with E-state index in [0.717, 1.165) is 25.5 Å². The zero-order valence-corrected chi connectivity index (χ0v) is 12.7. The number of carbonyl (C=O) groups excluding carboxylic acids is 1.